The van der Waals surface area contributed by atoms with Crippen LogP contribution < -0.4 is 15.3 Å². The van der Waals surface area contributed by atoms with Crippen LogP contribution in [0.2, 0.25) is 0 Å². The van der Waals surface area contributed by atoms with Crippen molar-refractivity contribution in [3.05, 3.63) is 0 Å². The summed E-state index contributed by atoms with van der Waals surface area (Å²) in [6.07, 6.45) is 5.59. The Bertz CT molecular complexity index is 58.5. The molecule has 0 aromatic heterocycles. The van der Waals surface area contributed by atoms with Gasteiger partial charge in [-0.15, -0.1) is 32.2 Å². The van der Waals surface area contributed by atoms with Crippen molar-refractivity contribution < 1.29 is 15.3 Å². The third-order valence-electron chi connectivity index (χ3n) is 1.49. The fraction of sp³-hybridized carbons (Fsp3) is 1.00. The normalized spacial score (nSPS) is 7.41. The number of unbranched alkanes of at least 4 members (excludes halogenated alkanes) is 3. The first kappa shape index (κ1) is 30.6. The summed E-state index contributed by atoms with van der Waals surface area (Å²) in [7, 11) is 0. The van der Waals surface area contributed by atoms with E-state index >= 15 is 0 Å². The molecule has 0 aromatic rings. The van der Waals surface area contributed by atoms with Crippen molar-refractivity contribution in [2.24, 2.45) is 0 Å². The first-order chi connectivity index (χ1) is 7.24. The van der Waals surface area contributed by atoms with Crippen LogP contribution in [-0.2, 0) is 0 Å². The molecular formula is C12H28AlClO3. The Morgan fingerprint density at radius 2 is 0.765 bits per heavy atom. The summed E-state index contributed by atoms with van der Waals surface area (Å²) in [4.78, 5) is 0. The molecule has 0 rings (SSSR count). The zero-order chi connectivity index (χ0) is 12.4. The van der Waals surface area contributed by atoms with E-state index in [1.54, 1.807) is 0 Å². The molecule has 0 fully saturated rings. The molecule has 0 aliphatic carbocycles. The van der Waals surface area contributed by atoms with Gasteiger partial charge in [-0.2, -0.15) is 0 Å². The Morgan fingerprint density at radius 1 is 0.588 bits per heavy atom. The molecule has 0 amide bonds. The number of hydrogen-bond acceptors (Lipinski definition) is 3. The third-order valence-corrected chi connectivity index (χ3v) is 1.49. The molecular weight excluding hydrogens is 255 g/mol. The maximum Gasteiger partial charge on any atom is 3.00 e. The van der Waals surface area contributed by atoms with Gasteiger partial charge in [0.1, 0.15) is 0 Å². The van der Waals surface area contributed by atoms with Crippen molar-refractivity contribution >= 4 is 29.8 Å². The van der Waals surface area contributed by atoms with Gasteiger partial charge in [-0.3, -0.25) is 0 Å². The first-order valence-electron chi connectivity index (χ1n) is 5.99. The largest absolute Gasteiger partial charge is 3.00 e. The summed E-state index contributed by atoms with van der Waals surface area (Å²) in [5.41, 5.74) is 0. The minimum Gasteiger partial charge on any atom is -0.854 e. The molecule has 0 heterocycles. The van der Waals surface area contributed by atoms with Gasteiger partial charge in [0, 0.05) is 0 Å². The summed E-state index contributed by atoms with van der Waals surface area (Å²) in [5.74, 6) is 0. The van der Waals surface area contributed by atoms with E-state index in [-0.39, 0.29) is 49.6 Å². The van der Waals surface area contributed by atoms with E-state index in [1.165, 1.54) is 0 Å². The minimum atomic E-state index is 0. The molecule has 0 N–H and O–H groups in total. The predicted molar refractivity (Wildman–Crippen MR) is 72.3 cm³/mol. The summed E-state index contributed by atoms with van der Waals surface area (Å²) >= 11 is 0. The van der Waals surface area contributed by atoms with Gasteiger partial charge in [0.15, 0.2) is 0 Å². The summed E-state index contributed by atoms with van der Waals surface area (Å²) in [5, 5.41) is 28.6. The van der Waals surface area contributed by atoms with Gasteiger partial charge < -0.3 is 15.3 Å². The van der Waals surface area contributed by atoms with Crippen molar-refractivity contribution in [1.82, 2.24) is 0 Å². The van der Waals surface area contributed by atoms with Crippen LogP contribution in [0.1, 0.15) is 59.3 Å². The number of hydrogen-bond donors (Lipinski definition) is 0. The Hall–Kier alpha value is 0.702. The monoisotopic (exact) mass is 282 g/mol. The zero-order valence-corrected chi connectivity index (χ0v) is 13.5. The van der Waals surface area contributed by atoms with Crippen LogP contribution in [0.5, 0.6) is 0 Å². The quantitative estimate of drug-likeness (QED) is 0.666. The van der Waals surface area contributed by atoms with Gasteiger partial charge in [0.05, 0.1) is 0 Å². The van der Waals surface area contributed by atoms with Crippen molar-refractivity contribution in [2.45, 2.75) is 59.3 Å². The van der Waals surface area contributed by atoms with Crippen LogP contribution >= 0.6 is 12.4 Å². The van der Waals surface area contributed by atoms with Crippen LogP contribution in [0.25, 0.3) is 0 Å². The zero-order valence-electron chi connectivity index (χ0n) is 11.6. The fourth-order valence-electron chi connectivity index (χ4n) is 0.433. The molecule has 5 heteroatoms. The second-order valence-electron chi connectivity index (χ2n) is 3.17. The Labute approximate surface area is 124 Å². The third kappa shape index (κ3) is 80.4. The van der Waals surface area contributed by atoms with Gasteiger partial charge in [0.25, 0.3) is 0 Å². The Kier molecular flexibility index (Phi) is 78.8. The average molecular weight is 283 g/mol. The molecule has 0 unspecified atom stereocenters. The number of halogens is 1. The predicted octanol–water partition coefficient (Wildman–Crippen LogP) is 0.481. The van der Waals surface area contributed by atoms with Crippen molar-refractivity contribution in [3.8, 4) is 0 Å². The topological polar surface area (TPSA) is 69.2 Å². The van der Waals surface area contributed by atoms with Gasteiger partial charge in [0.2, 0.25) is 0 Å². The van der Waals surface area contributed by atoms with E-state index in [9.17, 15) is 15.3 Å². The van der Waals surface area contributed by atoms with Crippen molar-refractivity contribution in [2.75, 3.05) is 19.8 Å². The molecule has 0 aliphatic heterocycles. The molecule has 0 bridgehead atoms. The van der Waals surface area contributed by atoms with Crippen molar-refractivity contribution in [3.63, 3.8) is 0 Å². The van der Waals surface area contributed by atoms with E-state index in [2.05, 4.69) is 0 Å². The molecule has 0 spiro atoms. The molecule has 0 atom stereocenters. The summed E-state index contributed by atoms with van der Waals surface area (Å²) in [6, 6.07) is 0. The van der Waals surface area contributed by atoms with Crippen LogP contribution in [0.4, 0.5) is 0 Å². The summed E-state index contributed by atoms with van der Waals surface area (Å²) in [6.45, 7) is 6.32. The average Bonchev–Trinajstić information content (AvgIpc) is 2.23. The first-order valence-corrected chi connectivity index (χ1v) is 5.99. The maximum atomic E-state index is 9.53. The molecule has 0 saturated heterocycles. The van der Waals surface area contributed by atoms with Gasteiger partial charge in [-0.1, -0.05) is 59.3 Å². The van der Waals surface area contributed by atoms with E-state index < -0.39 is 0 Å². The van der Waals surface area contributed by atoms with E-state index in [0.29, 0.717) is 0 Å². The van der Waals surface area contributed by atoms with E-state index in [0.717, 1.165) is 38.5 Å². The minimum absolute atomic E-state index is 0. The Morgan fingerprint density at radius 3 is 0.765 bits per heavy atom. The Balaban J connectivity index is -0.0000000400. The second-order valence-corrected chi connectivity index (χ2v) is 3.17. The SMILES string of the molecule is CCCC[O-].CCCC[O-].CCCC[O-].Cl.[Al+3]. The smallest absolute Gasteiger partial charge is 0.854 e. The van der Waals surface area contributed by atoms with Gasteiger partial charge >= 0.3 is 17.4 Å². The molecule has 17 heavy (non-hydrogen) atoms. The second kappa shape index (κ2) is 43.7. The van der Waals surface area contributed by atoms with Crippen LogP contribution in [0.3, 0.4) is 0 Å². The molecule has 0 aliphatic rings. The molecule has 0 radical (unpaired) electrons. The standard InChI is InChI=1S/3C4H9O.Al.ClH/c3*1-2-3-4-5;;/h3*2-4H2,1H3;;1H/q3*-1;+3;. The number of rotatable bonds is 6. The van der Waals surface area contributed by atoms with Crippen molar-refractivity contribution in [1.29, 1.82) is 0 Å². The van der Waals surface area contributed by atoms with Crippen LogP contribution in [-0.4, -0.2) is 37.2 Å². The fourth-order valence-corrected chi connectivity index (χ4v) is 0.433. The molecule has 3 nitrogen and oxygen atoms in total. The van der Waals surface area contributed by atoms with Crippen LogP contribution in [0.15, 0.2) is 0 Å². The van der Waals surface area contributed by atoms with Crippen LogP contribution in [0, 0.1) is 0 Å². The van der Waals surface area contributed by atoms with Gasteiger partial charge in [-0.05, 0) is 0 Å². The molecule has 0 aromatic carbocycles. The summed E-state index contributed by atoms with van der Waals surface area (Å²) < 4.78 is 0. The molecule has 0 saturated carbocycles. The van der Waals surface area contributed by atoms with E-state index in [1.807, 2.05) is 20.8 Å². The molecule has 104 valence electrons. The maximum absolute atomic E-state index is 9.53. The van der Waals surface area contributed by atoms with E-state index in [4.69, 9.17) is 0 Å². The van der Waals surface area contributed by atoms with Gasteiger partial charge in [-0.25, -0.2) is 0 Å².